The van der Waals surface area contributed by atoms with Crippen LogP contribution in [0.25, 0.3) is 0 Å². The summed E-state index contributed by atoms with van der Waals surface area (Å²) in [5.41, 5.74) is -0.256. The smallest absolute Gasteiger partial charge is 0.369 e. The number of nitro benzene ring substituents is 1. The minimum Gasteiger partial charge on any atom is -0.369 e. The van der Waals surface area contributed by atoms with Crippen LogP contribution in [-0.4, -0.2) is 31.0 Å². The molecule has 0 unspecified atom stereocenters. The van der Waals surface area contributed by atoms with Gasteiger partial charge in [0.15, 0.2) is 0 Å². The molecular weight excluding hydrogens is 265 g/mol. The van der Waals surface area contributed by atoms with E-state index in [1.165, 1.54) is 19.2 Å². The molecule has 1 aromatic carbocycles. The Bertz CT molecular complexity index is 489. The molecule has 0 N–H and O–H groups in total. The first kappa shape index (κ1) is 14.9. The van der Waals surface area contributed by atoms with Crippen LogP contribution in [0.15, 0.2) is 18.2 Å². The van der Waals surface area contributed by atoms with Crippen molar-refractivity contribution >= 4 is 17.7 Å². The maximum absolute atomic E-state index is 12.1. The Morgan fingerprint density at radius 2 is 2.05 bits per heavy atom. The first-order chi connectivity index (χ1) is 8.74. The van der Waals surface area contributed by atoms with Gasteiger partial charge in [-0.25, -0.2) is 0 Å². The second-order valence-corrected chi connectivity index (χ2v) is 3.91. The lowest BCUT2D eigenvalue weighted by Gasteiger charge is -2.20. The van der Waals surface area contributed by atoms with E-state index >= 15 is 0 Å². The predicted octanol–water partition coefficient (Wildman–Crippen LogP) is 2.80. The summed E-state index contributed by atoms with van der Waals surface area (Å²) in [7, 11) is 1.33. The third-order valence-corrected chi connectivity index (χ3v) is 2.47. The minimum atomic E-state index is -4.33. The van der Waals surface area contributed by atoms with Crippen LogP contribution in [0.3, 0.4) is 0 Å². The summed E-state index contributed by atoms with van der Waals surface area (Å²) in [6, 6.07) is 3.62. The number of hydrogen-bond acceptors (Lipinski definition) is 4. The summed E-state index contributed by atoms with van der Waals surface area (Å²) in [5.74, 6) is 0. The minimum absolute atomic E-state index is 0.0415. The van der Waals surface area contributed by atoms with E-state index in [4.69, 9.17) is 0 Å². The second-order valence-electron chi connectivity index (χ2n) is 3.91. The molecule has 5 nitrogen and oxygen atoms in total. The van der Waals surface area contributed by atoms with E-state index in [9.17, 15) is 28.1 Å². The lowest BCUT2D eigenvalue weighted by atomic mass is 10.1. The molecule has 104 valence electrons. The molecule has 0 fully saturated rings. The summed E-state index contributed by atoms with van der Waals surface area (Å²) in [5, 5.41) is 10.8. The zero-order valence-corrected chi connectivity index (χ0v) is 9.98. The average Bonchev–Trinajstić information content (AvgIpc) is 2.34. The number of hydrogen-bond donors (Lipinski definition) is 0. The van der Waals surface area contributed by atoms with Crippen molar-refractivity contribution in [1.29, 1.82) is 0 Å². The molecule has 19 heavy (non-hydrogen) atoms. The van der Waals surface area contributed by atoms with Crippen molar-refractivity contribution < 1.29 is 22.9 Å². The van der Waals surface area contributed by atoms with Crippen molar-refractivity contribution in [3.8, 4) is 0 Å². The SMILES string of the molecule is CN(CCC(F)(F)F)c1ccc(C=O)cc1[N+](=O)[O-]. The summed E-state index contributed by atoms with van der Waals surface area (Å²) in [6.07, 6.45) is -4.96. The molecule has 0 aromatic heterocycles. The Kier molecular flexibility index (Phi) is 4.47. The van der Waals surface area contributed by atoms with E-state index in [0.717, 1.165) is 11.0 Å². The zero-order chi connectivity index (χ0) is 14.6. The van der Waals surface area contributed by atoms with E-state index in [1.807, 2.05) is 0 Å². The van der Waals surface area contributed by atoms with Crippen LogP contribution >= 0.6 is 0 Å². The van der Waals surface area contributed by atoms with Crippen LogP contribution in [-0.2, 0) is 0 Å². The highest BCUT2D eigenvalue weighted by molar-refractivity contribution is 5.79. The molecular formula is C11H11F3N2O3. The Labute approximate surface area is 106 Å². The topological polar surface area (TPSA) is 63.5 Å². The number of alkyl halides is 3. The molecule has 1 aromatic rings. The molecule has 0 heterocycles. The van der Waals surface area contributed by atoms with Crippen molar-refractivity contribution in [2.75, 3.05) is 18.5 Å². The van der Waals surface area contributed by atoms with E-state index in [-0.39, 0.29) is 11.3 Å². The molecule has 0 radical (unpaired) electrons. The summed E-state index contributed by atoms with van der Waals surface area (Å²) >= 11 is 0. The number of carbonyl (C=O) groups is 1. The van der Waals surface area contributed by atoms with Gasteiger partial charge in [-0.15, -0.1) is 0 Å². The number of nitro groups is 1. The number of nitrogens with zero attached hydrogens (tertiary/aromatic N) is 2. The molecule has 0 aliphatic rings. The Morgan fingerprint density at radius 1 is 1.42 bits per heavy atom. The quantitative estimate of drug-likeness (QED) is 0.471. The maximum atomic E-state index is 12.1. The highest BCUT2D eigenvalue weighted by Crippen LogP contribution is 2.29. The highest BCUT2D eigenvalue weighted by atomic mass is 19.4. The van der Waals surface area contributed by atoms with Crippen LogP contribution in [0.4, 0.5) is 24.5 Å². The van der Waals surface area contributed by atoms with Gasteiger partial charge in [-0.05, 0) is 12.1 Å². The van der Waals surface area contributed by atoms with E-state index in [2.05, 4.69) is 0 Å². The second kappa shape index (κ2) is 5.68. The number of rotatable bonds is 5. The lowest BCUT2D eigenvalue weighted by molar-refractivity contribution is -0.384. The van der Waals surface area contributed by atoms with Gasteiger partial charge in [0.1, 0.15) is 12.0 Å². The number of carbonyl (C=O) groups excluding carboxylic acids is 1. The van der Waals surface area contributed by atoms with Gasteiger partial charge in [-0.2, -0.15) is 13.2 Å². The Hall–Kier alpha value is -2.12. The van der Waals surface area contributed by atoms with E-state index < -0.39 is 29.8 Å². The Morgan fingerprint density at radius 3 is 2.53 bits per heavy atom. The van der Waals surface area contributed by atoms with Crippen LogP contribution in [0.5, 0.6) is 0 Å². The fourth-order valence-electron chi connectivity index (χ4n) is 1.50. The summed E-state index contributed by atoms with van der Waals surface area (Å²) < 4.78 is 36.3. The molecule has 0 bridgehead atoms. The molecule has 0 atom stereocenters. The van der Waals surface area contributed by atoms with Crippen molar-refractivity contribution in [3.05, 3.63) is 33.9 Å². The van der Waals surface area contributed by atoms with Crippen LogP contribution < -0.4 is 4.90 Å². The van der Waals surface area contributed by atoms with Gasteiger partial charge in [0.25, 0.3) is 5.69 Å². The standard InChI is InChI=1S/C11H11F3N2O3/c1-15(5-4-11(12,13)14)9-3-2-8(7-17)6-10(9)16(18)19/h2-3,6-7H,4-5H2,1H3. The van der Waals surface area contributed by atoms with Gasteiger partial charge < -0.3 is 4.90 Å². The summed E-state index contributed by atoms with van der Waals surface area (Å²) in [4.78, 5) is 21.8. The maximum Gasteiger partial charge on any atom is 0.390 e. The highest BCUT2D eigenvalue weighted by Gasteiger charge is 2.28. The Balaban J connectivity index is 2.98. The molecule has 0 aliphatic heterocycles. The van der Waals surface area contributed by atoms with Gasteiger partial charge >= 0.3 is 6.18 Å². The molecule has 1 rings (SSSR count). The average molecular weight is 276 g/mol. The number of benzene rings is 1. The lowest BCUT2D eigenvalue weighted by Crippen LogP contribution is -2.24. The molecule has 0 spiro atoms. The van der Waals surface area contributed by atoms with Crippen molar-refractivity contribution in [2.24, 2.45) is 0 Å². The van der Waals surface area contributed by atoms with E-state index in [1.54, 1.807) is 0 Å². The largest absolute Gasteiger partial charge is 0.390 e. The number of halogens is 3. The number of anilines is 1. The van der Waals surface area contributed by atoms with Gasteiger partial charge in [-0.3, -0.25) is 14.9 Å². The molecule has 0 aliphatic carbocycles. The van der Waals surface area contributed by atoms with E-state index in [0.29, 0.717) is 6.29 Å². The zero-order valence-electron chi connectivity index (χ0n) is 9.98. The normalized spacial score (nSPS) is 11.2. The first-order valence-corrected chi connectivity index (χ1v) is 5.26. The van der Waals surface area contributed by atoms with Gasteiger partial charge in [-0.1, -0.05) is 0 Å². The predicted molar refractivity (Wildman–Crippen MR) is 62.4 cm³/mol. The van der Waals surface area contributed by atoms with Crippen LogP contribution in [0.2, 0.25) is 0 Å². The summed E-state index contributed by atoms with van der Waals surface area (Å²) in [6.45, 7) is -0.398. The molecule has 0 amide bonds. The third-order valence-electron chi connectivity index (χ3n) is 2.47. The van der Waals surface area contributed by atoms with Crippen LogP contribution in [0, 0.1) is 10.1 Å². The first-order valence-electron chi connectivity index (χ1n) is 5.26. The third kappa shape index (κ3) is 4.23. The number of aldehydes is 1. The fraction of sp³-hybridized carbons (Fsp3) is 0.364. The van der Waals surface area contributed by atoms with Gasteiger partial charge in [0.05, 0.1) is 11.3 Å². The van der Waals surface area contributed by atoms with Crippen molar-refractivity contribution in [3.63, 3.8) is 0 Å². The van der Waals surface area contributed by atoms with Crippen molar-refractivity contribution in [2.45, 2.75) is 12.6 Å². The monoisotopic (exact) mass is 276 g/mol. The van der Waals surface area contributed by atoms with Crippen LogP contribution in [0.1, 0.15) is 16.8 Å². The van der Waals surface area contributed by atoms with Gasteiger partial charge in [0, 0.05) is 25.2 Å². The fourth-order valence-corrected chi connectivity index (χ4v) is 1.50. The van der Waals surface area contributed by atoms with Gasteiger partial charge in [0.2, 0.25) is 0 Å². The molecule has 0 saturated heterocycles. The molecule has 0 saturated carbocycles. The molecule has 8 heteroatoms. The van der Waals surface area contributed by atoms with Crippen molar-refractivity contribution in [1.82, 2.24) is 0 Å².